The van der Waals surface area contributed by atoms with Crippen molar-refractivity contribution in [3.63, 3.8) is 0 Å². The topological polar surface area (TPSA) is 17.3 Å². The van der Waals surface area contributed by atoms with Crippen molar-refractivity contribution in [1.82, 2.24) is 9.38 Å². The van der Waals surface area contributed by atoms with Gasteiger partial charge < -0.3 is 0 Å². The van der Waals surface area contributed by atoms with Crippen molar-refractivity contribution < 1.29 is 4.39 Å². The molecule has 3 aromatic carbocycles. The first-order chi connectivity index (χ1) is 19.1. The molecule has 0 unspecified atom stereocenters. The van der Waals surface area contributed by atoms with Crippen molar-refractivity contribution in [3.05, 3.63) is 83.0 Å². The Morgan fingerprint density at radius 2 is 1.40 bits per heavy atom. The monoisotopic (exact) mass is 540 g/mol. The number of halogens is 1. The molecule has 0 N–H and O–H groups in total. The second kappa shape index (κ2) is 12.5. The lowest BCUT2D eigenvalue weighted by Gasteiger charge is -2.25. The van der Waals surface area contributed by atoms with Gasteiger partial charge in [-0.25, -0.2) is 9.37 Å². The van der Waals surface area contributed by atoms with E-state index in [-0.39, 0.29) is 5.41 Å². The second-order valence-electron chi connectivity index (χ2n) is 11.6. The zero-order valence-corrected chi connectivity index (χ0v) is 26.7. The highest BCUT2D eigenvalue weighted by atomic mass is 19.1. The van der Waals surface area contributed by atoms with Gasteiger partial charge in [0.1, 0.15) is 11.3 Å². The van der Waals surface area contributed by atoms with Gasteiger partial charge in [-0.05, 0) is 72.7 Å². The maximum atomic E-state index is 16.4. The van der Waals surface area contributed by atoms with Gasteiger partial charge in [0, 0.05) is 21.9 Å². The van der Waals surface area contributed by atoms with E-state index in [9.17, 15) is 0 Å². The van der Waals surface area contributed by atoms with Crippen molar-refractivity contribution in [1.29, 1.82) is 0 Å². The molecule has 0 fully saturated rings. The highest BCUT2D eigenvalue weighted by Gasteiger charge is 2.31. The van der Waals surface area contributed by atoms with Gasteiger partial charge >= 0.3 is 0 Å². The number of aryl methyl sites for hydroxylation is 2. The minimum Gasteiger partial charge on any atom is -0.292 e. The number of hydrogen-bond acceptors (Lipinski definition) is 1. The first-order valence-corrected chi connectivity index (χ1v) is 15.2. The molecule has 2 heterocycles. The third-order valence-corrected chi connectivity index (χ3v) is 7.72. The molecule has 0 aliphatic heterocycles. The maximum absolute atomic E-state index is 16.4. The zero-order valence-electron chi connectivity index (χ0n) is 26.7. The molecule has 0 bridgehead atoms. The van der Waals surface area contributed by atoms with Crippen LogP contribution in [0.2, 0.25) is 0 Å². The number of aromatic nitrogens is 2. The molecule has 40 heavy (non-hydrogen) atoms. The minimum absolute atomic E-state index is 0.176. The Balaban J connectivity index is 0.00000106. The number of imidazole rings is 1. The van der Waals surface area contributed by atoms with E-state index >= 15 is 4.39 Å². The molecule has 0 saturated heterocycles. The summed E-state index contributed by atoms with van der Waals surface area (Å²) in [6, 6.07) is 19.3. The van der Waals surface area contributed by atoms with Crippen molar-refractivity contribution >= 4 is 27.3 Å². The zero-order chi connectivity index (χ0) is 29.8. The molecule has 3 heteroatoms. The number of fused-ring (bicyclic) bond motifs is 6. The summed E-state index contributed by atoms with van der Waals surface area (Å²) in [5.41, 5.74) is 7.44. The molecule has 0 atom stereocenters. The summed E-state index contributed by atoms with van der Waals surface area (Å²) < 4.78 is 18.6. The van der Waals surface area contributed by atoms with E-state index in [1.165, 1.54) is 22.3 Å². The van der Waals surface area contributed by atoms with Gasteiger partial charge in [-0.15, -0.1) is 0 Å². The largest absolute Gasteiger partial charge is 0.292 e. The van der Waals surface area contributed by atoms with E-state index in [1.54, 1.807) is 0 Å². The van der Waals surface area contributed by atoms with Gasteiger partial charge in [-0.2, -0.15) is 0 Å². The lowest BCUT2D eigenvalue weighted by molar-refractivity contribution is 0.154. The predicted octanol–water partition coefficient (Wildman–Crippen LogP) is 11.6. The molecular weight excluding hydrogens is 491 g/mol. The smallest absolute Gasteiger partial charge is 0.146 e. The molecule has 5 rings (SSSR count). The van der Waals surface area contributed by atoms with Crippen LogP contribution in [0.5, 0.6) is 0 Å². The van der Waals surface area contributed by atoms with Crippen LogP contribution < -0.4 is 0 Å². The highest BCUT2D eigenvalue weighted by molar-refractivity contribution is 6.14. The van der Waals surface area contributed by atoms with E-state index in [0.29, 0.717) is 12.8 Å². The SMILES string of the molecule is CC.CC.CCC(F)(CC)c1cccc2c3cc(CC(C)(C)C)ccc3n3c(-c4c(C)cccc4C)cnc3c12. The van der Waals surface area contributed by atoms with Crippen LogP contribution in [-0.2, 0) is 12.1 Å². The van der Waals surface area contributed by atoms with Crippen molar-refractivity contribution in [2.75, 3.05) is 0 Å². The molecule has 0 aliphatic rings. The Hall–Kier alpha value is -3.20. The molecule has 214 valence electrons. The highest BCUT2D eigenvalue weighted by Crippen LogP contribution is 2.43. The quantitative estimate of drug-likeness (QED) is 0.203. The number of benzene rings is 3. The summed E-state index contributed by atoms with van der Waals surface area (Å²) in [6.45, 7) is 23.0. The van der Waals surface area contributed by atoms with E-state index < -0.39 is 5.67 Å². The van der Waals surface area contributed by atoms with Gasteiger partial charge in [0.05, 0.1) is 17.4 Å². The number of nitrogens with zero attached hydrogens (tertiary/aromatic N) is 2. The molecule has 0 radical (unpaired) electrons. The molecular formula is C37H49FN2. The fourth-order valence-electron chi connectivity index (χ4n) is 5.91. The molecule has 2 nitrogen and oxygen atoms in total. The lowest BCUT2D eigenvalue weighted by Crippen LogP contribution is -2.18. The Kier molecular flexibility index (Phi) is 9.82. The Morgan fingerprint density at radius 3 is 1.98 bits per heavy atom. The third kappa shape index (κ3) is 5.66. The molecule has 0 spiro atoms. The van der Waals surface area contributed by atoms with Crippen LogP contribution in [-0.4, -0.2) is 9.38 Å². The second-order valence-corrected chi connectivity index (χ2v) is 11.6. The average molecular weight is 541 g/mol. The lowest BCUT2D eigenvalue weighted by atomic mass is 9.85. The van der Waals surface area contributed by atoms with Gasteiger partial charge in [0.2, 0.25) is 0 Å². The third-order valence-electron chi connectivity index (χ3n) is 7.72. The fourth-order valence-corrected chi connectivity index (χ4v) is 5.91. The standard InChI is InChI=1S/C33H37FN2.2C2H6/c1-8-33(34,9-2)26-15-11-14-24-25-18-23(19-32(5,6)7)16-17-27(25)36-28(20-35-31(36)30(24)26)29-21(3)12-10-13-22(29)4;2*1-2/h10-18,20H,8-9,19H2,1-7H3;2*1-2H3. The van der Waals surface area contributed by atoms with Gasteiger partial charge in [-0.1, -0.05) is 105 Å². The first-order valence-electron chi connectivity index (χ1n) is 15.2. The van der Waals surface area contributed by atoms with Crippen LogP contribution in [0.15, 0.2) is 60.8 Å². The van der Waals surface area contributed by atoms with Crippen molar-refractivity contribution in [3.8, 4) is 11.3 Å². The number of alkyl halides is 1. The van der Waals surface area contributed by atoms with Crippen molar-refractivity contribution in [2.24, 2.45) is 5.41 Å². The maximum Gasteiger partial charge on any atom is 0.146 e. The van der Waals surface area contributed by atoms with Crippen LogP contribution in [0.1, 0.15) is 97.4 Å². The molecule has 0 aliphatic carbocycles. The number of rotatable bonds is 5. The molecule has 0 amide bonds. The fraction of sp³-hybridized carbons (Fsp3) is 0.432. The minimum atomic E-state index is -1.40. The molecule has 5 aromatic rings. The van der Waals surface area contributed by atoms with Crippen LogP contribution >= 0.6 is 0 Å². The van der Waals surface area contributed by atoms with Gasteiger partial charge in [-0.3, -0.25) is 4.40 Å². The van der Waals surface area contributed by atoms with Crippen LogP contribution in [0.25, 0.3) is 38.6 Å². The summed E-state index contributed by atoms with van der Waals surface area (Å²) in [4.78, 5) is 4.98. The van der Waals surface area contributed by atoms with Crippen LogP contribution in [0.3, 0.4) is 0 Å². The Morgan fingerprint density at radius 1 is 0.800 bits per heavy atom. The van der Waals surface area contributed by atoms with E-state index in [4.69, 9.17) is 4.98 Å². The number of hydrogen-bond donors (Lipinski definition) is 0. The summed E-state index contributed by atoms with van der Waals surface area (Å²) in [6.07, 6.45) is 3.82. The summed E-state index contributed by atoms with van der Waals surface area (Å²) in [7, 11) is 0. The summed E-state index contributed by atoms with van der Waals surface area (Å²) in [5, 5.41) is 3.16. The Bertz CT molecular complexity index is 1580. The van der Waals surface area contributed by atoms with Gasteiger partial charge in [0.25, 0.3) is 0 Å². The molecule has 2 aromatic heterocycles. The van der Waals surface area contributed by atoms with Crippen molar-refractivity contribution in [2.45, 2.75) is 101 Å². The van der Waals surface area contributed by atoms with E-state index in [0.717, 1.165) is 45.0 Å². The predicted molar refractivity (Wildman–Crippen MR) is 174 cm³/mol. The normalized spacial score (nSPS) is 11.8. The number of pyridine rings is 1. The summed E-state index contributed by atoms with van der Waals surface area (Å²) >= 11 is 0. The summed E-state index contributed by atoms with van der Waals surface area (Å²) in [5.74, 6) is 0. The first kappa shape index (κ1) is 31.3. The van der Waals surface area contributed by atoms with E-state index in [2.05, 4.69) is 81.5 Å². The van der Waals surface area contributed by atoms with Gasteiger partial charge in [0.15, 0.2) is 0 Å². The van der Waals surface area contributed by atoms with E-state index in [1.807, 2.05) is 59.9 Å². The van der Waals surface area contributed by atoms with Crippen LogP contribution in [0, 0.1) is 19.3 Å². The van der Waals surface area contributed by atoms with Crippen LogP contribution in [0.4, 0.5) is 4.39 Å². The average Bonchev–Trinajstić information content (AvgIpc) is 3.38. The molecule has 0 saturated carbocycles. The Labute approximate surface area is 241 Å².